The molecular formula is C15H23N3O2. The molecule has 0 radical (unpaired) electrons. The molecule has 2 atom stereocenters. The van der Waals surface area contributed by atoms with E-state index in [1.807, 2.05) is 17.0 Å². The summed E-state index contributed by atoms with van der Waals surface area (Å²) in [5, 5.41) is 3.31. The van der Waals surface area contributed by atoms with E-state index in [1.165, 1.54) is 0 Å². The molecule has 0 spiro atoms. The smallest absolute Gasteiger partial charge is 0.227 e. The number of amides is 1. The maximum Gasteiger partial charge on any atom is 0.227 e. The van der Waals surface area contributed by atoms with Crippen molar-refractivity contribution < 1.29 is 9.21 Å². The van der Waals surface area contributed by atoms with Crippen LogP contribution in [0.5, 0.6) is 0 Å². The van der Waals surface area contributed by atoms with E-state index in [0.717, 1.165) is 51.6 Å². The zero-order chi connectivity index (χ0) is 13.9. The third-order valence-corrected chi connectivity index (χ3v) is 4.48. The molecule has 3 heterocycles. The number of hydrogen-bond donors (Lipinski definition) is 1. The van der Waals surface area contributed by atoms with Crippen LogP contribution in [0, 0.1) is 11.8 Å². The van der Waals surface area contributed by atoms with E-state index in [1.54, 1.807) is 6.26 Å². The summed E-state index contributed by atoms with van der Waals surface area (Å²) in [6.45, 7) is 8.35. The highest BCUT2D eigenvalue weighted by molar-refractivity contribution is 5.79. The van der Waals surface area contributed by atoms with Crippen LogP contribution in [0.4, 0.5) is 0 Å². The molecule has 110 valence electrons. The van der Waals surface area contributed by atoms with Gasteiger partial charge < -0.3 is 14.6 Å². The maximum absolute atomic E-state index is 12.5. The summed E-state index contributed by atoms with van der Waals surface area (Å²) in [5.41, 5.74) is 0. The molecule has 1 aromatic heterocycles. The number of nitrogens with zero attached hydrogens (tertiary/aromatic N) is 2. The molecule has 2 aliphatic rings. The molecular weight excluding hydrogens is 254 g/mol. The minimum Gasteiger partial charge on any atom is -0.468 e. The fraction of sp³-hybridized carbons (Fsp3) is 0.667. The molecule has 2 fully saturated rings. The molecule has 0 aliphatic carbocycles. The van der Waals surface area contributed by atoms with Gasteiger partial charge in [0.25, 0.3) is 0 Å². The van der Waals surface area contributed by atoms with E-state index in [2.05, 4.69) is 17.1 Å². The van der Waals surface area contributed by atoms with E-state index in [9.17, 15) is 4.79 Å². The molecule has 3 rings (SSSR count). The monoisotopic (exact) mass is 277 g/mol. The Kier molecular flexibility index (Phi) is 4.08. The van der Waals surface area contributed by atoms with Gasteiger partial charge in [0.2, 0.25) is 5.91 Å². The lowest BCUT2D eigenvalue weighted by atomic mass is 9.96. The lowest BCUT2D eigenvalue weighted by Gasteiger charge is -2.36. The Hall–Kier alpha value is -1.33. The molecule has 0 saturated carbocycles. The van der Waals surface area contributed by atoms with Gasteiger partial charge in [-0.1, -0.05) is 6.92 Å². The van der Waals surface area contributed by atoms with E-state index in [0.29, 0.717) is 11.8 Å². The summed E-state index contributed by atoms with van der Waals surface area (Å²) >= 11 is 0. The Balaban J connectivity index is 1.49. The van der Waals surface area contributed by atoms with Crippen molar-refractivity contribution in [1.82, 2.24) is 15.1 Å². The van der Waals surface area contributed by atoms with Crippen LogP contribution >= 0.6 is 0 Å². The normalized spacial score (nSPS) is 27.9. The minimum absolute atomic E-state index is 0.173. The Labute approximate surface area is 119 Å². The van der Waals surface area contributed by atoms with Crippen LogP contribution in [0.25, 0.3) is 0 Å². The molecule has 1 amide bonds. The van der Waals surface area contributed by atoms with Crippen LogP contribution < -0.4 is 5.32 Å². The lowest BCUT2D eigenvalue weighted by molar-refractivity contribution is -0.137. The van der Waals surface area contributed by atoms with Gasteiger partial charge in [-0.25, -0.2) is 0 Å². The van der Waals surface area contributed by atoms with Crippen molar-refractivity contribution in [3.63, 3.8) is 0 Å². The SMILES string of the molecule is CC1CNCC1C(=O)N1CCN(Cc2ccco2)CC1. The third kappa shape index (κ3) is 2.88. The highest BCUT2D eigenvalue weighted by atomic mass is 16.3. The van der Waals surface area contributed by atoms with Crippen LogP contribution in [0.15, 0.2) is 22.8 Å². The van der Waals surface area contributed by atoms with Gasteiger partial charge in [0, 0.05) is 32.7 Å². The molecule has 2 unspecified atom stereocenters. The largest absolute Gasteiger partial charge is 0.468 e. The Morgan fingerprint density at radius 2 is 2.15 bits per heavy atom. The van der Waals surface area contributed by atoms with Gasteiger partial charge in [-0.2, -0.15) is 0 Å². The van der Waals surface area contributed by atoms with Crippen LogP contribution in [-0.2, 0) is 11.3 Å². The van der Waals surface area contributed by atoms with Crippen LogP contribution in [-0.4, -0.2) is 55.0 Å². The highest BCUT2D eigenvalue weighted by Crippen LogP contribution is 2.20. The second kappa shape index (κ2) is 5.97. The molecule has 5 heteroatoms. The summed E-state index contributed by atoms with van der Waals surface area (Å²) in [6.07, 6.45) is 1.71. The van der Waals surface area contributed by atoms with Crippen molar-refractivity contribution in [3.8, 4) is 0 Å². The van der Waals surface area contributed by atoms with Gasteiger partial charge in [0.15, 0.2) is 0 Å². The number of hydrogen-bond acceptors (Lipinski definition) is 4. The first-order chi connectivity index (χ1) is 9.74. The van der Waals surface area contributed by atoms with Crippen LogP contribution in [0.3, 0.4) is 0 Å². The first-order valence-electron chi connectivity index (χ1n) is 7.48. The van der Waals surface area contributed by atoms with Gasteiger partial charge >= 0.3 is 0 Å². The first kappa shape index (κ1) is 13.6. The predicted molar refractivity (Wildman–Crippen MR) is 76.1 cm³/mol. The summed E-state index contributed by atoms with van der Waals surface area (Å²) < 4.78 is 5.38. The number of carbonyl (C=O) groups excluding carboxylic acids is 1. The second-order valence-corrected chi connectivity index (χ2v) is 5.92. The molecule has 5 nitrogen and oxygen atoms in total. The van der Waals surface area contributed by atoms with Gasteiger partial charge in [0.05, 0.1) is 18.7 Å². The fourth-order valence-corrected chi connectivity index (χ4v) is 3.12. The van der Waals surface area contributed by atoms with Crippen molar-refractivity contribution in [1.29, 1.82) is 0 Å². The standard InChI is InChI=1S/C15H23N3O2/c1-12-9-16-10-14(12)15(19)18-6-4-17(5-7-18)11-13-3-2-8-20-13/h2-3,8,12,14,16H,4-7,9-11H2,1H3. The van der Waals surface area contributed by atoms with E-state index in [4.69, 9.17) is 4.42 Å². The number of furan rings is 1. The predicted octanol–water partition coefficient (Wildman–Crippen LogP) is 0.779. The zero-order valence-corrected chi connectivity index (χ0v) is 12.0. The van der Waals surface area contributed by atoms with E-state index < -0.39 is 0 Å². The summed E-state index contributed by atoms with van der Waals surface area (Å²) in [5.74, 6) is 1.97. The summed E-state index contributed by atoms with van der Waals surface area (Å²) in [6, 6.07) is 3.92. The molecule has 20 heavy (non-hydrogen) atoms. The van der Waals surface area contributed by atoms with Crippen LogP contribution in [0.2, 0.25) is 0 Å². The molecule has 1 N–H and O–H groups in total. The van der Waals surface area contributed by atoms with Gasteiger partial charge in [-0.15, -0.1) is 0 Å². The van der Waals surface area contributed by atoms with Crippen molar-refractivity contribution in [2.75, 3.05) is 39.3 Å². The van der Waals surface area contributed by atoms with Gasteiger partial charge in [0.1, 0.15) is 5.76 Å². The molecule has 2 aliphatic heterocycles. The minimum atomic E-state index is 0.173. The zero-order valence-electron chi connectivity index (χ0n) is 12.0. The fourth-order valence-electron chi connectivity index (χ4n) is 3.12. The van der Waals surface area contributed by atoms with Crippen LogP contribution in [0.1, 0.15) is 12.7 Å². The van der Waals surface area contributed by atoms with Crippen molar-refractivity contribution >= 4 is 5.91 Å². The molecule has 0 aromatic carbocycles. The maximum atomic E-state index is 12.5. The van der Waals surface area contributed by atoms with Crippen molar-refractivity contribution in [2.24, 2.45) is 11.8 Å². The van der Waals surface area contributed by atoms with Gasteiger partial charge in [-0.3, -0.25) is 9.69 Å². The molecule has 1 aromatic rings. The molecule has 2 saturated heterocycles. The number of rotatable bonds is 3. The third-order valence-electron chi connectivity index (χ3n) is 4.48. The van der Waals surface area contributed by atoms with Crippen molar-refractivity contribution in [3.05, 3.63) is 24.2 Å². The van der Waals surface area contributed by atoms with E-state index >= 15 is 0 Å². The highest BCUT2D eigenvalue weighted by Gasteiger charge is 2.33. The van der Waals surface area contributed by atoms with Crippen molar-refractivity contribution in [2.45, 2.75) is 13.5 Å². The summed E-state index contributed by atoms with van der Waals surface area (Å²) in [7, 11) is 0. The topological polar surface area (TPSA) is 48.7 Å². The van der Waals surface area contributed by atoms with Gasteiger partial charge in [-0.05, 0) is 24.6 Å². The average molecular weight is 277 g/mol. The first-order valence-corrected chi connectivity index (χ1v) is 7.48. The number of nitrogens with one attached hydrogen (secondary N) is 1. The lowest BCUT2D eigenvalue weighted by Crippen LogP contribution is -2.50. The Bertz CT molecular complexity index is 438. The summed E-state index contributed by atoms with van der Waals surface area (Å²) in [4.78, 5) is 16.9. The number of carbonyl (C=O) groups is 1. The quantitative estimate of drug-likeness (QED) is 0.887. The Morgan fingerprint density at radius 1 is 1.35 bits per heavy atom. The molecule has 0 bridgehead atoms. The second-order valence-electron chi connectivity index (χ2n) is 5.92. The van der Waals surface area contributed by atoms with E-state index in [-0.39, 0.29) is 5.92 Å². The average Bonchev–Trinajstić information content (AvgIpc) is 3.10. The Morgan fingerprint density at radius 3 is 2.75 bits per heavy atom. The number of piperazine rings is 1.